The van der Waals surface area contributed by atoms with Gasteiger partial charge in [0.15, 0.2) is 0 Å². The Morgan fingerprint density at radius 2 is 1.93 bits per heavy atom. The first kappa shape index (κ1) is 21.8. The van der Waals surface area contributed by atoms with Gasteiger partial charge in [-0.3, -0.25) is 9.78 Å². The number of pyridine rings is 1. The minimum atomic E-state index is -3.59. The highest BCUT2D eigenvalue weighted by molar-refractivity contribution is 7.89. The number of piperidine rings is 1. The number of esters is 1. The number of carbonyl (C=O) groups excluding carboxylic acids is 1. The van der Waals surface area contributed by atoms with E-state index in [-0.39, 0.29) is 43.1 Å². The molecular weight excluding hydrogens is 439 g/mol. The van der Waals surface area contributed by atoms with Gasteiger partial charge >= 0.3 is 5.97 Å². The zero-order chi connectivity index (χ0) is 20.9. The van der Waals surface area contributed by atoms with E-state index >= 15 is 0 Å². The molecule has 1 saturated heterocycles. The third kappa shape index (κ3) is 5.60. The largest absolute Gasteiger partial charge is 0.488 e. The molecule has 0 radical (unpaired) electrons. The third-order valence-corrected chi connectivity index (χ3v) is 6.95. The lowest BCUT2D eigenvalue weighted by Gasteiger charge is -2.30. The van der Waals surface area contributed by atoms with Crippen molar-refractivity contribution in [1.82, 2.24) is 9.29 Å². The van der Waals surface area contributed by atoms with Crippen molar-refractivity contribution in [1.29, 1.82) is 0 Å². The fourth-order valence-electron chi connectivity index (χ4n) is 2.98. The van der Waals surface area contributed by atoms with Crippen molar-refractivity contribution in [3.8, 4) is 5.75 Å². The molecule has 29 heavy (non-hydrogen) atoms. The second kappa shape index (κ2) is 9.75. The average molecular weight is 459 g/mol. The number of nitrogens with zero attached hydrogens (tertiary/aromatic N) is 2. The average Bonchev–Trinajstić information content (AvgIpc) is 2.73. The molecule has 1 aromatic carbocycles. The van der Waals surface area contributed by atoms with Crippen LogP contribution in [0.15, 0.2) is 47.6 Å². The Morgan fingerprint density at radius 1 is 1.17 bits per heavy atom. The fourth-order valence-corrected chi connectivity index (χ4v) is 4.88. The predicted octanol–water partition coefficient (Wildman–Crippen LogP) is 3.41. The number of hydrogen-bond donors (Lipinski definition) is 0. The van der Waals surface area contributed by atoms with E-state index in [0.717, 1.165) is 0 Å². The first-order valence-corrected chi connectivity index (χ1v) is 11.2. The molecule has 0 unspecified atom stereocenters. The van der Waals surface area contributed by atoms with Crippen LogP contribution in [0.2, 0.25) is 10.0 Å². The molecule has 156 valence electrons. The van der Waals surface area contributed by atoms with Crippen LogP contribution in [0.3, 0.4) is 0 Å². The third-order valence-electron chi connectivity index (χ3n) is 4.54. The highest BCUT2D eigenvalue weighted by atomic mass is 35.5. The van der Waals surface area contributed by atoms with Gasteiger partial charge < -0.3 is 9.47 Å². The fraction of sp³-hybridized carbons (Fsp3) is 0.368. The predicted molar refractivity (Wildman–Crippen MR) is 109 cm³/mol. The number of aromatic nitrogens is 1. The number of halogens is 2. The molecule has 0 spiro atoms. The molecule has 0 saturated carbocycles. The van der Waals surface area contributed by atoms with Crippen LogP contribution in [-0.2, 0) is 19.6 Å². The molecule has 0 amide bonds. The van der Waals surface area contributed by atoms with E-state index in [2.05, 4.69) is 4.98 Å². The maximum Gasteiger partial charge on any atom is 0.309 e. The maximum atomic E-state index is 12.6. The standard InChI is InChI=1S/C19H20Cl2N2O5S/c20-15-3-4-18(17(21)12-15)27-10-11-28-19(24)14-5-8-23(9-6-14)29(25,26)16-2-1-7-22-13-16/h1-4,7,12-14H,5-6,8-11H2. The van der Waals surface area contributed by atoms with Crippen LogP contribution in [0.1, 0.15) is 12.8 Å². The topological polar surface area (TPSA) is 85.8 Å². The van der Waals surface area contributed by atoms with Gasteiger partial charge in [0, 0.05) is 30.5 Å². The summed E-state index contributed by atoms with van der Waals surface area (Å²) in [6.45, 7) is 0.745. The van der Waals surface area contributed by atoms with Crippen molar-refractivity contribution in [2.45, 2.75) is 17.7 Å². The van der Waals surface area contributed by atoms with Gasteiger partial charge in [0.2, 0.25) is 10.0 Å². The number of benzene rings is 1. The van der Waals surface area contributed by atoms with Crippen LogP contribution in [0.5, 0.6) is 5.75 Å². The van der Waals surface area contributed by atoms with E-state index in [1.54, 1.807) is 24.3 Å². The molecule has 0 aliphatic carbocycles. The molecule has 1 fully saturated rings. The Balaban J connectivity index is 1.43. The summed E-state index contributed by atoms with van der Waals surface area (Å²) >= 11 is 11.8. The Hall–Kier alpha value is -1.87. The van der Waals surface area contributed by atoms with E-state index < -0.39 is 10.0 Å². The van der Waals surface area contributed by atoms with Gasteiger partial charge in [-0.15, -0.1) is 0 Å². The summed E-state index contributed by atoms with van der Waals surface area (Å²) in [7, 11) is -3.59. The van der Waals surface area contributed by atoms with Gasteiger partial charge in [0.25, 0.3) is 0 Å². The van der Waals surface area contributed by atoms with Gasteiger partial charge in [-0.2, -0.15) is 4.31 Å². The number of hydrogen-bond acceptors (Lipinski definition) is 6. The van der Waals surface area contributed by atoms with Gasteiger partial charge in [0.1, 0.15) is 23.9 Å². The minimum Gasteiger partial charge on any atom is -0.488 e. The Labute approximate surface area is 179 Å². The molecule has 1 aliphatic heterocycles. The van der Waals surface area contributed by atoms with E-state index in [1.165, 1.54) is 22.8 Å². The molecule has 2 aromatic rings. The van der Waals surface area contributed by atoms with E-state index in [9.17, 15) is 13.2 Å². The van der Waals surface area contributed by atoms with Crippen molar-refractivity contribution in [2.24, 2.45) is 5.92 Å². The van der Waals surface area contributed by atoms with E-state index in [1.807, 2.05) is 0 Å². The van der Waals surface area contributed by atoms with Crippen LogP contribution in [0.4, 0.5) is 0 Å². The van der Waals surface area contributed by atoms with Crippen LogP contribution < -0.4 is 4.74 Å². The number of carbonyl (C=O) groups is 1. The highest BCUT2D eigenvalue weighted by Gasteiger charge is 2.32. The zero-order valence-corrected chi connectivity index (χ0v) is 17.8. The molecule has 0 atom stereocenters. The maximum absolute atomic E-state index is 12.6. The molecule has 1 aromatic heterocycles. The Morgan fingerprint density at radius 3 is 2.59 bits per heavy atom. The highest BCUT2D eigenvalue weighted by Crippen LogP contribution is 2.27. The lowest BCUT2D eigenvalue weighted by atomic mass is 9.98. The van der Waals surface area contributed by atoms with Crippen molar-refractivity contribution < 1.29 is 22.7 Å². The van der Waals surface area contributed by atoms with Crippen LogP contribution >= 0.6 is 23.2 Å². The summed E-state index contributed by atoms with van der Waals surface area (Å²) < 4.78 is 37.3. The van der Waals surface area contributed by atoms with Crippen molar-refractivity contribution in [2.75, 3.05) is 26.3 Å². The lowest BCUT2D eigenvalue weighted by Crippen LogP contribution is -2.40. The quantitative estimate of drug-likeness (QED) is 0.466. The Bertz CT molecular complexity index is 948. The second-order valence-electron chi connectivity index (χ2n) is 6.46. The second-order valence-corrected chi connectivity index (χ2v) is 9.24. The van der Waals surface area contributed by atoms with Crippen LogP contribution in [-0.4, -0.2) is 50.0 Å². The molecular formula is C19H20Cl2N2O5S. The van der Waals surface area contributed by atoms with E-state index in [4.69, 9.17) is 32.7 Å². The lowest BCUT2D eigenvalue weighted by molar-refractivity contribution is -0.150. The minimum absolute atomic E-state index is 0.0754. The summed E-state index contributed by atoms with van der Waals surface area (Å²) in [5.41, 5.74) is 0. The van der Waals surface area contributed by atoms with Gasteiger partial charge in [-0.05, 0) is 43.2 Å². The van der Waals surface area contributed by atoms with Crippen molar-refractivity contribution >= 4 is 39.2 Å². The summed E-state index contributed by atoms with van der Waals surface area (Å²) in [4.78, 5) is 16.3. The molecule has 1 aliphatic rings. The molecule has 3 rings (SSSR count). The smallest absolute Gasteiger partial charge is 0.309 e. The molecule has 0 N–H and O–H groups in total. The van der Waals surface area contributed by atoms with Gasteiger partial charge in [-0.25, -0.2) is 8.42 Å². The molecule has 2 heterocycles. The zero-order valence-electron chi connectivity index (χ0n) is 15.5. The summed E-state index contributed by atoms with van der Waals surface area (Å²) in [5, 5.41) is 0.886. The molecule has 0 bridgehead atoms. The van der Waals surface area contributed by atoms with Crippen molar-refractivity contribution in [3.05, 3.63) is 52.8 Å². The van der Waals surface area contributed by atoms with Gasteiger partial charge in [-0.1, -0.05) is 23.2 Å². The van der Waals surface area contributed by atoms with Crippen LogP contribution in [0, 0.1) is 5.92 Å². The van der Waals surface area contributed by atoms with Crippen LogP contribution in [0.25, 0.3) is 0 Å². The van der Waals surface area contributed by atoms with E-state index in [0.29, 0.717) is 28.6 Å². The summed E-state index contributed by atoms with van der Waals surface area (Å²) in [6, 6.07) is 7.96. The Kier molecular flexibility index (Phi) is 7.34. The number of sulfonamides is 1. The normalized spacial score (nSPS) is 15.8. The summed E-state index contributed by atoms with van der Waals surface area (Å²) in [5.74, 6) is -0.232. The first-order chi connectivity index (χ1) is 13.9. The summed E-state index contributed by atoms with van der Waals surface area (Å²) in [6.07, 6.45) is 3.65. The SMILES string of the molecule is O=C(OCCOc1ccc(Cl)cc1Cl)C1CCN(S(=O)(=O)c2cccnc2)CC1. The first-order valence-electron chi connectivity index (χ1n) is 9.02. The van der Waals surface area contributed by atoms with Gasteiger partial charge in [0.05, 0.1) is 10.9 Å². The number of rotatable bonds is 7. The van der Waals surface area contributed by atoms with Crippen molar-refractivity contribution in [3.63, 3.8) is 0 Å². The molecule has 7 nitrogen and oxygen atoms in total. The number of ether oxygens (including phenoxy) is 2. The molecule has 10 heteroatoms. The monoisotopic (exact) mass is 458 g/mol.